The lowest BCUT2D eigenvalue weighted by Gasteiger charge is -2.02. The van der Waals surface area contributed by atoms with Gasteiger partial charge in [-0.3, -0.25) is 4.79 Å². The molecule has 0 N–H and O–H groups in total. The minimum absolute atomic E-state index is 0.113. The predicted molar refractivity (Wildman–Crippen MR) is 69.8 cm³/mol. The second-order valence-corrected chi connectivity index (χ2v) is 4.30. The molecule has 0 aliphatic heterocycles. The van der Waals surface area contributed by atoms with Gasteiger partial charge in [-0.1, -0.05) is 35.9 Å². The van der Waals surface area contributed by atoms with Crippen molar-refractivity contribution in [3.05, 3.63) is 47.5 Å². The van der Waals surface area contributed by atoms with Gasteiger partial charge in [0, 0.05) is 6.42 Å². The van der Waals surface area contributed by atoms with Crippen molar-refractivity contribution in [2.24, 2.45) is 0 Å². The van der Waals surface area contributed by atoms with Crippen LogP contribution in [0.15, 0.2) is 42.0 Å². The number of ether oxygens (including phenoxy) is 1. The van der Waals surface area contributed by atoms with Crippen LogP contribution < -0.4 is 0 Å². The van der Waals surface area contributed by atoms with Gasteiger partial charge in [0.15, 0.2) is 0 Å². The zero-order chi connectivity index (χ0) is 12.5. The van der Waals surface area contributed by atoms with E-state index in [4.69, 9.17) is 4.74 Å². The molecule has 0 aromatic heterocycles. The zero-order valence-corrected chi connectivity index (χ0v) is 10.6. The first-order valence-corrected chi connectivity index (χ1v) is 6.01. The molecule has 0 bridgehead atoms. The summed E-state index contributed by atoms with van der Waals surface area (Å²) in [5, 5.41) is 0. The van der Waals surface area contributed by atoms with Crippen LogP contribution in [0.4, 0.5) is 0 Å². The van der Waals surface area contributed by atoms with E-state index in [0.29, 0.717) is 13.0 Å². The van der Waals surface area contributed by atoms with Gasteiger partial charge in [0.05, 0.1) is 0 Å². The molecule has 0 fully saturated rings. The van der Waals surface area contributed by atoms with Crippen LogP contribution in [-0.4, -0.2) is 12.6 Å². The molecule has 17 heavy (non-hydrogen) atoms. The van der Waals surface area contributed by atoms with Crippen molar-refractivity contribution in [1.29, 1.82) is 0 Å². The highest BCUT2D eigenvalue weighted by Crippen LogP contribution is 2.05. The molecule has 0 amide bonds. The topological polar surface area (TPSA) is 26.3 Å². The maximum atomic E-state index is 11.4. The number of hydrogen-bond donors (Lipinski definition) is 0. The molecule has 0 radical (unpaired) electrons. The number of benzene rings is 1. The number of carbonyl (C=O) groups is 1. The van der Waals surface area contributed by atoms with Crippen LogP contribution in [-0.2, 0) is 16.0 Å². The Hall–Kier alpha value is -1.57. The van der Waals surface area contributed by atoms with Crippen molar-refractivity contribution >= 4 is 5.97 Å². The van der Waals surface area contributed by atoms with Gasteiger partial charge in [-0.15, -0.1) is 0 Å². The van der Waals surface area contributed by atoms with E-state index in [2.05, 4.69) is 12.1 Å². The predicted octanol–water partition coefficient (Wildman–Crippen LogP) is 3.52. The Morgan fingerprint density at radius 2 is 1.94 bits per heavy atom. The number of esters is 1. The van der Waals surface area contributed by atoms with E-state index in [1.165, 1.54) is 11.1 Å². The van der Waals surface area contributed by atoms with Crippen LogP contribution in [0, 0.1) is 0 Å². The third kappa shape index (κ3) is 6.56. The summed E-state index contributed by atoms with van der Waals surface area (Å²) in [5.41, 5.74) is 2.44. The minimum Gasteiger partial charge on any atom is -0.461 e. The van der Waals surface area contributed by atoms with Crippen molar-refractivity contribution in [3.8, 4) is 0 Å². The third-order valence-electron chi connectivity index (χ3n) is 2.43. The Balaban J connectivity index is 2.14. The lowest BCUT2D eigenvalue weighted by atomic mass is 10.1. The lowest BCUT2D eigenvalue weighted by molar-refractivity contribution is -0.142. The number of carbonyl (C=O) groups excluding carboxylic acids is 1. The largest absolute Gasteiger partial charge is 0.461 e. The molecule has 0 saturated carbocycles. The van der Waals surface area contributed by atoms with Gasteiger partial charge < -0.3 is 4.74 Å². The van der Waals surface area contributed by atoms with Gasteiger partial charge in [0.25, 0.3) is 0 Å². The highest BCUT2D eigenvalue weighted by Gasteiger charge is 2.01. The lowest BCUT2D eigenvalue weighted by Crippen LogP contribution is -2.05. The summed E-state index contributed by atoms with van der Waals surface area (Å²) < 4.78 is 5.08. The average molecular weight is 232 g/mol. The van der Waals surface area contributed by atoms with Crippen LogP contribution in [0.1, 0.15) is 32.3 Å². The fourth-order valence-electron chi connectivity index (χ4n) is 1.45. The SMILES string of the molecule is CC(C)=CCOC(=O)CCCc1ccccc1. The summed E-state index contributed by atoms with van der Waals surface area (Å²) in [6, 6.07) is 10.2. The van der Waals surface area contributed by atoms with E-state index >= 15 is 0 Å². The molecule has 0 spiro atoms. The Bertz CT molecular complexity index is 362. The molecule has 0 saturated heterocycles. The first-order chi connectivity index (χ1) is 8.18. The Morgan fingerprint density at radius 1 is 1.24 bits per heavy atom. The van der Waals surface area contributed by atoms with E-state index in [0.717, 1.165) is 12.8 Å². The molecule has 2 heteroatoms. The monoisotopic (exact) mass is 232 g/mol. The molecule has 1 aromatic carbocycles. The molecular formula is C15H20O2. The quantitative estimate of drug-likeness (QED) is 0.554. The standard InChI is InChI=1S/C15H20O2/c1-13(2)11-12-17-15(16)10-6-9-14-7-4-3-5-8-14/h3-5,7-8,11H,6,9-10,12H2,1-2H3. The Morgan fingerprint density at radius 3 is 2.59 bits per heavy atom. The summed E-state index contributed by atoms with van der Waals surface area (Å²) in [6.45, 7) is 4.37. The van der Waals surface area contributed by atoms with E-state index in [1.54, 1.807) is 0 Å². The summed E-state index contributed by atoms with van der Waals surface area (Å²) in [6.07, 6.45) is 4.18. The van der Waals surface area contributed by atoms with Gasteiger partial charge in [-0.25, -0.2) is 0 Å². The van der Waals surface area contributed by atoms with Crippen LogP contribution in [0.5, 0.6) is 0 Å². The van der Waals surface area contributed by atoms with Gasteiger partial charge in [0.2, 0.25) is 0 Å². The number of hydrogen-bond acceptors (Lipinski definition) is 2. The van der Waals surface area contributed by atoms with Crippen molar-refractivity contribution in [1.82, 2.24) is 0 Å². The van der Waals surface area contributed by atoms with Gasteiger partial charge >= 0.3 is 5.97 Å². The second-order valence-electron chi connectivity index (χ2n) is 4.30. The number of rotatable bonds is 6. The molecule has 0 atom stereocenters. The Kier molecular flexibility index (Phi) is 6.08. The molecule has 0 unspecified atom stereocenters. The normalized spacial score (nSPS) is 9.76. The number of allylic oxidation sites excluding steroid dienone is 1. The van der Waals surface area contributed by atoms with Crippen LogP contribution in [0.2, 0.25) is 0 Å². The Labute approximate surface area is 103 Å². The van der Waals surface area contributed by atoms with Crippen molar-refractivity contribution in [3.63, 3.8) is 0 Å². The van der Waals surface area contributed by atoms with Gasteiger partial charge in [-0.05, 0) is 38.3 Å². The van der Waals surface area contributed by atoms with E-state index in [1.807, 2.05) is 38.1 Å². The maximum Gasteiger partial charge on any atom is 0.306 e. The summed E-state index contributed by atoms with van der Waals surface area (Å²) >= 11 is 0. The molecule has 0 heterocycles. The average Bonchev–Trinajstić information content (AvgIpc) is 2.30. The second kappa shape index (κ2) is 7.66. The molecule has 1 aromatic rings. The van der Waals surface area contributed by atoms with E-state index in [9.17, 15) is 4.79 Å². The molecular weight excluding hydrogens is 212 g/mol. The van der Waals surface area contributed by atoms with Gasteiger partial charge in [-0.2, -0.15) is 0 Å². The number of aryl methyl sites for hydroxylation is 1. The third-order valence-corrected chi connectivity index (χ3v) is 2.43. The first-order valence-electron chi connectivity index (χ1n) is 6.01. The highest BCUT2D eigenvalue weighted by molar-refractivity contribution is 5.69. The highest BCUT2D eigenvalue weighted by atomic mass is 16.5. The van der Waals surface area contributed by atoms with Crippen LogP contribution in [0.3, 0.4) is 0 Å². The summed E-state index contributed by atoms with van der Waals surface area (Å²) in [5.74, 6) is -0.113. The van der Waals surface area contributed by atoms with Crippen molar-refractivity contribution < 1.29 is 9.53 Å². The van der Waals surface area contributed by atoms with Gasteiger partial charge in [0.1, 0.15) is 6.61 Å². The zero-order valence-electron chi connectivity index (χ0n) is 10.6. The molecule has 0 aliphatic carbocycles. The minimum atomic E-state index is -0.113. The van der Waals surface area contributed by atoms with Crippen molar-refractivity contribution in [2.45, 2.75) is 33.1 Å². The summed E-state index contributed by atoms with van der Waals surface area (Å²) in [4.78, 5) is 11.4. The van der Waals surface area contributed by atoms with Crippen LogP contribution in [0.25, 0.3) is 0 Å². The molecule has 2 nitrogen and oxygen atoms in total. The molecule has 92 valence electrons. The van der Waals surface area contributed by atoms with Crippen molar-refractivity contribution in [2.75, 3.05) is 6.61 Å². The molecule has 0 aliphatic rings. The van der Waals surface area contributed by atoms with E-state index < -0.39 is 0 Å². The van der Waals surface area contributed by atoms with Crippen LogP contribution >= 0.6 is 0 Å². The summed E-state index contributed by atoms with van der Waals surface area (Å²) in [7, 11) is 0. The maximum absolute atomic E-state index is 11.4. The van der Waals surface area contributed by atoms with E-state index in [-0.39, 0.29) is 5.97 Å². The fraction of sp³-hybridized carbons (Fsp3) is 0.400. The first kappa shape index (κ1) is 13.5. The smallest absolute Gasteiger partial charge is 0.306 e. The fourth-order valence-corrected chi connectivity index (χ4v) is 1.45. The molecule has 1 rings (SSSR count).